The van der Waals surface area contributed by atoms with E-state index in [0.717, 1.165) is 30.3 Å². The fourth-order valence-corrected chi connectivity index (χ4v) is 3.14. The zero-order valence-corrected chi connectivity index (χ0v) is 13.1. The van der Waals surface area contributed by atoms with Crippen LogP contribution in [0.25, 0.3) is 0 Å². The Morgan fingerprint density at radius 2 is 2.15 bits per heavy atom. The number of aryl methyl sites for hydroxylation is 1. The van der Waals surface area contributed by atoms with Crippen LogP contribution >= 0.6 is 0 Å². The fourth-order valence-electron chi connectivity index (χ4n) is 3.14. The zero-order valence-electron chi connectivity index (χ0n) is 13.1. The minimum Gasteiger partial charge on any atom is -0.464 e. The molecule has 1 fully saturated rings. The molecule has 1 aliphatic rings. The SMILES string of the molecule is CCC1CCCC(OC(c2ccc(C)o2)C(N)CC)C1. The molecule has 3 heteroatoms. The van der Waals surface area contributed by atoms with E-state index in [1.807, 2.05) is 19.1 Å². The lowest BCUT2D eigenvalue weighted by molar-refractivity contribution is -0.0624. The number of ether oxygens (including phenoxy) is 1. The summed E-state index contributed by atoms with van der Waals surface area (Å²) in [6.45, 7) is 6.34. The Morgan fingerprint density at radius 3 is 2.75 bits per heavy atom. The average molecular weight is 279 g/mol. The summed E-state index contributed by atoms with van der Waals surface area (Å²) in [4.78, 5) is 0. The van der Waals surface area contributed by atoms with Crippen LogP contribution in [0, 0.1) is 12.8 Å². The summed E-state index contributed by atoms with van der Waals surface area (Å²) in [6.07, 6.45) is 7.33. The standard InChI is InChI=1S/C17H29NO2/c1-4-13-7-6-8-14(11-13)20-17(15(18)5-2)16-10-9-12(3)19-16/h9-10,13-15,17H,4-8,11,18H2,1-3H3. The largest absolute Gasteiger partial charge is 0.464 e. The van der Waals surface area contributed by atoms with Crippen LogP contribution in [0.4, 0.5) is 0 Å². The van der Waals surface area contributed by atoms with Crippen LogP contribution < -0.4 is 5.73 Å². The first-order valence-electron chi connectivity index (χ1n) is 8.11. The first-order chi connectivity index (χ1) is 9.63. The molecule has 1 saturated carbocycles. The summed E-state index contributed by atoms with van der Waals surface area (Å²) >= 11 is 0. The van der Waals surface area contributed by atoms with Crippen LogP contribution in [0.15, 0.2) is 16.5 Å². The van der Waals surface area contributed by atoms with Crippen LogP contribution in [0.2, 0.25) is 0 Å². The lowest BCUT2D eigenvalue weighted by atomic mass is 9.85. The van der Waals surface area contributed by atoms with E-state index in [0.29, 0.717) is 6.10 Å². The Balaban J connectivity index is 2.04. The van der Waals surface area contributed by atoms with Crippen molar-refractivity contribution in [1.82, 2.24) is 0 Å². The molecule has 0 bridgehead atoms. The van der Waals surface area contributed by atoms with Gasteiger partial charge in [-0.25, -0.2) is 0 Å². The highest BCUT2D eigenvalue weighted by Crippen LogP contribution is 2.33. The maximum Gasteiger partial charge on any atom is 0.134 e. The van der Waals surface area contributed by atoms with Crippen LogP contribution in [0.5, 0.6) is 0 Å². The van der Waals surface area contributed by atoms with Crippen LogP contribution in [0.1, 0.15) is 70.0 Å². The molecule has 4 atom stereocenters. The van der Waals surface area contributed by atoms with E-state index in [4.69, 9.17) is 14.9 Å². The maximum atomic E-state index is 6.36. The number of rotatable bonds is 6. The van der Waals surface area contributed by atoms with E-state index in [9.17, 15) is 0 Å². The van der Waals surface area contributed by atoms with Gasteiger partial charge in [-0.05, 0) is 44.2 Å². The molecule has 2 rings (SSSR count). The van der Waals surface area contributed by atoms with Crippen molar-refractivity contribution >= 4 is 0 Å². The summed E-state index contributed by atoms with van der Waals surface area (Å²) in [6, 6.07) is 4.00. The molecule has 0 saturated heterocycles. The normalized spacial score (nSPS) is 26.4. The van der Waals surface area contributed by atoms with Crippen molar-refractivity contribution in [1.29, 1.82) is 0 Å². The van der Waals surface area contributed by atoms with E-state index in [1.54, 1.807) is 0 Å². The van der Waals surface area contributed by atoms with E-state index >= 15 is 0 Å². The lowest BCUT2D eigenvalue weighted by Crippen LogP contribution is -2.34. The van der Waals surface area contributed by atoms with Crippen molar-refractivity contribution in [3.8, 4) is 0 Å². The third-order valence-corrected chi connectivity index (χ3v) is 4.55. The highest BCUT2D eigenvalue weighted by molar-refractivity contribution is 5.10. The Morgan fingerprint density at radius 1 is 1.35 bits per heavy atom. The first kappa shape index (κ1) is 15.6. The quantitative estimate of drug-likeness (QED) is 0.842. The van der Waals surface area contributed by atoms with Gasteiger partial charge in [0.2, 0.25) is 0 Å². The van der Waals surface area contributed by atoms with Gasteiger partial charge in [-0.1, -0.05) is 33.1 Å². The monoisotopic (exact) mass is 279 g/mol. The average Bonchev–Trinajstić information content (AvgIpc) is 2.90. The zero-order chi connectivity index (χ0) is 14.5. The van der Waals surface area contributed by atoms with Crippen LogP contribution in [-0.4, -0.2) is 12.1 Å². The molecule has 114 valence electrons. The van der Waals surface area contributed by atoms with E-state index < -0.39 is 0 Å². The third kappa shape index (κ3) is 3.86. The number of hydrogen-bond acceptors (Lipinski definition) is 3. The van der Waals surface area contributed by atoms with Gasteiger partial charge in [-0.2, -0.15) is 0 Å². The van der Waals surface area contributed by atoms with Crippen molar-refractivity contribution < 1.29 is 9.15 Å². The summed E-state index contributed by atoms with van der Waals surface area (Å²) in [5, 5.41) is 0. The first-order valence-corrected chi connectivity index (χ1v) is 8.11. The van der Waals surface area contributed by atoms with E-state index in [-0.39, 0.29) is 12.1 Å². The Bertz CT molecular complexity index is 401. The highest BCUT2D eigenvalue weighted by atomic mass is 16.5. The Kier molecular flexibility index (Phi) is 5.67. The van der Waals surface area contributed by atoms with Gasteiger partial charge in [-0.3, -0.25) is 0 Å². The Labute approximate surface area is 122 Å². The minimum absolute atomic E-state index is 0.00236. The molecule has 0 aliphatic heterocycles. The molecule has 1 heterocycles. The molecule has 0 aromatic carbocycles. The summed E-state index contributed by atoms with van der Waals surface area (Å²) < 4.78 is 12.1. The van der Waals surface area contributed by atoms with Crippen molar-refractivity contribution in [3.63, 3.8) is 0 Å². The topological polar surface area (TPSA) is 48.4 Å². The van der Waals surface area contributed by atoms with Crippen LogP contribution in [0.3, 0.4) is 0 Å². The van der Waals surface area contributed by atoms with E-state index in [1.165, 1.54) is 25.7 Å². The van der Waals surface area contributed by atoms with Gasteiger partial charge in [0, 0.05) is 6.04 Å². The fraction of sp³-hybridized carbons (Fsp3) is 0.765. The van der Waals surface area contributed by atoms with Gasteiger partial charge in [0.05, 0.1) is 6.10 Å². The van der Waals surface area contributed by atoms with Crippen molar-refractivity contribution in [2.45, 2.75) is 77.5 Å². The predicted octanol–water partition coefficient (Wildman–Crippen LogP) is 4.35. The lowest BCUT2D eigenvalue weighted by Gasteiger charge is -2.33. The summed E-state index contributed by atoms with van der Waals surface area (Å²) in [5.74, 6) is 2.62. The Hall–Kier alpha value is -0.800. The summed E-state index contributed by atoms with van der Waals surface area (Å²) in [7, 11) is 0. The third-order valence-electron chi connectivity index (χ3n) is 4.55. The molecular formula is C17H29NO2. The van der Waals surface area contributed by atoms with Gasteiger partial charge < -0.3 is 14.9 Å². The summed E-state index contributed by atoms with van der Waals surface area (Å²) in [5.41, 5.74) is 6.26. The molecule has 1 aromatic rings. The number of nitrogens with two attached hydrogens (primary N) is 1. The predicted molar refractivity (Wildman–Crippen MR) is 81.6 cm³/mol. The van der Waals surface area contributed by atoms with Crippen molar-refractivity contribution in [2.75, 3.05) is 0 Å². The molecule has 4 unspecified atom stereocenters. The smallest absolute Gasteiger partial charge is 0.134 e. The maximum absolute atomic E-state index is 6.36. The molecular weight excluding hydrogens is 250 g/mol. The molecule has 20 heavy (non-hydrogen) atoms. The van der Waals surface area contributed by atoms with Gasteiger partial charge in [0.25, 0.3) is 0 Å². The van der Waals surface area contributed by atoms with Gasteiger partial charge in [-0.15, -0.1) is 0 Å². The molecule has 0 radical (unpaired) electrons. The highest BCUT2D eigenvalue weighted by Gasteiger charge is 2.29. The second kappa shape index (κ2) is 7.28. The molecule has 0 spiro atoms. The van der Waals surface area contributed by atoms with Gasteiger partial charge >= 0.3 is 0 Å². The number of furan rings is 1. The molecule has 1 aliphatic carbocycles. The molecule has 1 aromatic heterocycles. The van der Waals surface area contributed by atoms with E-state index in [2.05, 4.69) is 13.8 Å². The van der Waals surface area contributed by atoms with Gasteiger partial charge in [0.15, 0.2) is 0 Å². The second-order valence-electron chi connectivity index (χ2n) is 6.14. The van der Waals surface area contributed by atoms with Crippen LogP contribution in [-0.2, 0) is 4.74 Å². The number of hydrogen-bond donors (Lipinski definition) is 1. The molecule has 3 nitrogen and oxygen atoms in total. The molecule has 2 N–H and O–H groups in total. The van der Waals surface area contributed by atoms with Gasteiger partial charge in [0.1, 0.15) is 17.6 Å². The minimum atomic E-state index is -0.102. The van der Waals surface area contributed by atoms with Crippen molar-refractivity contribution in [2.24, 2.45) is 11.7 Å². The molecule has 0 amide bonds. The second-order valence-corrected chi connectivity index (χ2v) is 6.14. The van der Waals surface area contributed by atoms with Crippen molar-refractivity contribution in [3.05, 3.63) is 23.7 Å².